The van der Waals surface area contributed by atoms with Crippen molar-refractivity contribution in [2.45, 2.75) is 0 Å². The number of nitrogens with zero attached hydrogens (tertiary/aromatic N) is 2. The molecule has 1 aromatic heterocycles. The van der Waals surface area contributed by atoms with Gasteiger partial charge >= 0.3 is 0 Å². The van der Waals surface area contributed by atoms with Crippen LogP contribution in [-0.2, 0) is 0 Å². The van der Waals surface area contributed by atoms with E-state index in [-0.39, 0.29) is 22.9 Å². The fourth-order valence-electron chi connectivity index (χ4n) is 1.38. The second-order valence-electron chi connectivity index (χ2n) is 3.68. The first-order valence-electron chi connectivity index (χ1n) is 5.42. The number of benzene rings is 1. The molecule has 2 aromatic rings. The van der Waals surface area contributed by atoms with Gasteiger partial charge in [0.2, 0.25) is 0 Å². The van der Waals surface area contributed by atoms with Crippen molar-refractivity contribution in [1.29, 1.82) is 0 Å². The maximum Gasteiger partial charge on any atom is 0.281 e. The fourth-order valence-corrected chi connectivity index (χ4v) is 2.00. The van der Waals surface area contributed by atoms with Gasteiger partial charge in [0.1, 0.15) is 5.75 Å². The molecule has 7 nitrogen and oxygen atoms in total. The highest BCUT2D eigenvalue weighted by Crippen LogP contribution is 2.21. The smallest absolute Gasteiger partial charge is 0.281 e. The number of carbonyl (C=O) groups is 1. The normalized spacial score (nSPS) is 10.6. The number of thiophene rings is 1. The van der Waals surface area contributed by atoms with E-state index in [0.717, 1.165) is 12.3 Å². The molecule has 0 bridgehead atoms. The minimum atomic E-state index is -0.582. The van der Waals surface area contributed by atoms with Crippen LogP contribution in [0, 0.1) is 10.1 Å². The number of hydrogen-bond donors (Lipinski definition) is 2. The van der Waals surface area contributed by atoms with Crippen molar-refractivity contribution in [3.8, 4) is 5.75 Å². The Balaban J connectivity index is 2.09. The number of nitro benzene ring substituents is 1. The Kier molecular flexibility index (Phi) is 4.06. The van der Waals surface area contributed by atoms with Crippen molar-refractivity contribution >= 4 is 29.1 Å². The Hall–Kier alpha value is -2.74. The van der Waals surface area contributed by atoms with E-state index in [1.54, 1.807) is 17.5 Å². The van der Waals surface area contributed by atoms with E-state index in [4.69, 9.17) is 0 Å². The molecule has 0 radical (unpaired) electrons. The first-order valence-corrected chi connectivity index (χ1v) is 6.30. The second kappa shape index (κ2) is 5.93. The maximum absolute atomic E-state index is 11.6. The van der Waals surface area contributed by atoms with Gasteiger partial charge in [-0.3, -0.25) is 14.9 Å². The zero-order chi connectivity index (χ0) is 14.5. The van der Waals surface area contributed by atoms with Crippen LogP contribution < -0.4 is 5.43 Å². The number of non-ortho nitro benzene ring substituents is 1. The molecule has 0 aliphatic heterocycles. The molecule has 8 heteroatoms. The van der Waals surface area contributed by atoms with Gasteiger partial charge in [-0.25, -0.2) is 5.43 Å². The predicted octanol–water partition coefficient (Wildman–Crippen LogP) is 2.13. The molecule has 0 aliphatic carbocycles. The molecule has 0 saturated carbocycles. The number of phenolic OH excluding ortho intramolecular Hbond substituents is 1. The first kappa shape index (κ1) is 13.7. The molecular weight excluding hydrogens is 282 g/mol. The van der Waals surface area contributed by atoms with Crippen molar-refractivity contribution in [1.82, 2.24) is 5.43 Å². The summed E-state index contributed by atoms with van der Waals surface area (Å²) in [6.45, 7) is 0. The number of rotatable bonds is 4. The van der Waals surface area contributed by atoms with Crippen LogP contribution in [0.1, 0.15) is 15.2 Å². The van der Waals surface area contributed by atoms with Crippen molar-refractivity contribution in [2.75, 3.05) is 0 Å². The van der Waals surface area contributed by atoms with Crippen molar-refractivity contribution in [2.24, 2.45) is 5.10 Å². The van der Waals surface area contributed by atoms with Crippen LogP contribution in [0.3, 0.4) is 0 Å². The lowest BCUT2D eigenvalue weighted by molar-refractivity contribution is -0.384. The highest BCUT2D eigenvalue weighted by molar-refractivity contribution is 7.12. The van der Waals surface area contributed by atoms with Crippen LogP contribution in [0.2, 0.25) is 0 Å². The second-order valence-corrected chi connectivity index (χ2v) is 4.62. The summed E-state index contributed by atoms with van der Waals surface area (Å²) < 4.78 is 0. The van der Waals surface area contributed by atoms with Crippen LogP contribution in [0.4, 0.5) is 5.69 Å². The van der Waals surface area contributed by atoms with Crippen LogP contribution in [0.25, 0.3) is 0 Å². The summed E-state index contributed by atoms with van der Waals surface area (Å²) in [4.78, 5) is 22.1. The third-order valence-corrected chi connectivity index (χ3v) is 3.21. The average Bonchev–Trinajstić information content (AvgIpc) is 2.94. The van der Waals surface area contributed by atoms with Gasteiger partial charge in [-0.15, -0.1) is 11.3 Å². The molecule has 1 amide bonds. The number of phenols is 1. The summed E-state index contributed by atoms with van der Waals surface area (Å²) in [6, 6.07) is 6.91. The summed E-state index contributed by atoms with van der Waals surface area (Å²) in [7, 11) is 0. The molecule has 0 saturated heterocycles. The van der Waals surface area contributed by atoms with E-state index in [2.05, 4.69) is 10.5 Å². The van der Waals surface area contributed by atoms with Crippen LogP contribution in [-0.4, -0.2) is 22.2 Å². The van der Waals surface area contributed by atoms with Gasteiger partial charge in [-0.2, -0.15) is 5.10 Å². The van der Waals surface area contributed by atoms with E-state index < -0.39 is 4.92 Å². The third-order valence-electron chi connectivity index (χ3n) is 2.34. The molecule has 0 fully saturated rings. The predicted molar refractivity (Wildman–Crippen MR) is 74.1 cm³/mol. The summed E-state index contributed by atoms with van der Waals surface area (Å²) in [5, 5.41) is 25.6. The molecule has 102 valence electrons. The van der Waals surface area contributed by atoms with Crippen molar-refractivity contribution in [3.63, 3.8) is 0 Å². The number of hydrazone groups is 1. The number of carbonyl (C=O) groups excluding carboxylic acids is 1. The first-order chi connectivity index (χ1) is 9.58. The van der Waals surface area contributed by atoms with Crippen molar-refractivity contribution in [3.05, 3.63) is 56.3 Å². The van der Waals surface area contributed by atoms with E-state index in [9.17, 15) is 20.0 Å². The van der Waals surface area contributed by atoms with E-state index in [1.807, 2.05) is 0 Å². The van der Waals surface area contributed by atoms with Gasteiger partial charge in [0.15, 0.2) is 0 Å². The standard InChI is InChI=1S/C12H9N3O4S/c16-10-4-3-9(15(18)19)6-8(10)7-13-14-12(17)11-2-1-5-20-11/h1-7,16H,(H,14,17)/b13-7-. The molecule has 1 heterocycles. The molecule has 0 spiro atoms. The minimum absolute atomic E-state index is 0.144. The number of nitrogens with one attached hydrogen (secondary N) is 1. The van der Waals surface area contributed by atoms with Crippen LogP contribution >= 0.6 is 11.3 Å². The maximum atomic E-state index is 11.6. The summed E-state index contributed by atoms with van der Waals surface area (Å²) in [6.07, 6.45) is 1.15. The van der Waals surface area contributed by atoms with Crippen molar-refractivity contribution < 1.29 is 14.8 Å². The van der Waals surface area contributed by atoms with Crippen LogP contribution in [0.15, 0.2) is 40.8 Å². The summed E-state index contributed by atoms with van der Waals surface area (Å²) in [5.41, 5.74) is 2.24. The van der Waals surface area contributed by atoms with E-state index in [0.29, 0.717) is 4.88 Å². The number of amides is 1. The molecular formula is C12H9N3O4S. The monoisotopic (exact) mass is 291 g/mol. The quantitative estimate of drug-likeness (QED) is 0.511. The Morgan fingerprint density at radius 3 is 2.90 bits per heavy atom. The van der Waals surface area contributed by atoms with Gasteiger partial charge in [0, 0.05) is 17.7 Å². The number of hydrogen-bond acceptors (Lipinski definition) is 6. The molecule has 0 atom stereocenters. The minimum Gasteiger partial charge on any atom is -0.507 e. The van der Waals surface area contributed by atoms with Gasteiger partial charge in [-0.1, -0.05) is 6.07 Å². The average molecular weight is 291 g/mol. The summed E-state index contributed by atoms with van der Waals surface area (Å²) in [5.74, 6) is -0.550. The fraction of sp³-hybridized carbons (Fsp3) is 0. The highest BCUT2D eigenvalue weighted by Gasteiger charge is 2.09. The third kappa shape index (κ3) is 3.18. The van der Waals surface area contributed by atoms with Gasteiger partial charge in [0.25, 0.3) is 11.6 Å². The van der Waals surface area contributed by atoms with Gasteiger partial charge < -0.3 is 5.11 Å². The van der Waals surface area contributed by atoms with Crippen LogP contribution in [0.5, 0.6) is 5.75 Å². The zero-order valence-electron chi connectivity index (χ0n) is 10.0. The Morgan fingerprint density at radius 2 is 2.25 bits per heavy atom. The molecule has 0 unspecified atom stereocenters. The number of nitro groups is 1. The largest absolute Gasteiger partial charge is 0.507 e. The number of aromatic hydroxyl groups is 1. The Morgan fingerprint density at radius 1 is 1.45 bits per heavy atom. The van der Waals surface area contributed by atoms with E-state index >= 15 is 0 Å². The Labute approximate surface area is 117 Å². The Bertz CT molecular complexity index is 667. The summed E-state index contributed by atoms with van der Waals surface area (Å²) >= 11 is 1.26. The lowest BCUT2D eigenvalue weighted by Crippen LogP contribution is -2.16. The van der Waals surface area contributed by atoms with Gasteiger partial charge in [-0.05, 0) is 17.5 Å². The SMILES string of the molecule is O=C(N/N=C\c1cc([N+](=O)[O-])ccc1O)c1cccs1. The zero-order valence-corrected chi connectivity index (χ0v) is 10.8. The van der Waals surface area contributed by atoms with E-state index in [1.165, 1.54) is 23.5 Å². The topological polar surface area (TPSA) is 105 Å². The molecule has 1 aromatic carbocycles. The molecule has 2 rings (SSSR count). The lowest BCUT2D eigenvalue weighted by Gasteiger charge is -1.99. The lowest BCUT2D eigenvalue weighted by atomic mass is 10.2. The molecule has 2 N–H and O–H groups in total. The highest BCUT2D eigenvalue weighted by atomic mass is 32.1. The molecule has 0 aliphatic rings. The molecule has 20 heavy (non-hydrogen) atoms. The van der Waals surface area contributed by atoms with Gasteiger partial charge in [0.05, 0.1) is 16.0 Å².